The van der Waals surface area contributed by atoms with Crippen molar-refractivity contribution in [1.29, 1.82) is 0 Å². The molecule has 0 radical (unpaired) electrons. The molecule has 0 fully saturated rings. The van der Waals surface area contributed by atoms with Crippen LogP contribution in [0.2, 0.25) is 0 Å². The number of halogens is 2. The maximum atomic E-state index is 13.1. The highest BCUT2D eigenvalue weighted by Crippen LogP contribution is 2.26. The molecule has 0 aliphatic heterocycles. The monoisotopic (exact) mass is 320 g/mol. The van der Waals surface area contributed by atoms with Crippen LogP contribution in [0.25, 0.3) is 0 Å². The number of nitrogen functional groups attached to an aromatic ring is 1. The van der Waals surface area contributed by atoms with Crippen molar-refractivity contribution in [1.82, 2.24) is 4.72 Å². The number of rotatable bonds is 3. The summed E-state index contributed by atoms with van der Waals surface area (Å²) in [5.74, 6) is 1.53. The molecule has 7 heteroatoms. The van der Waals surface area contributed by atoms with Crippen LogP contribution in [0, 0.1) is 18.2 Å². The highest BCUT2D eigenvalue weighted by Gasteiger charge is 2.21. The second-order valence-corrected chi connectivity index (χ2v) is 5.85. The Kier molecular flexibility index (Phi) is 4.14. The Morgan fingerprint density at radius 3 is 2.71 bits per heavy atom. The lowest BCUT2D eigenvalue weighted by molar-refractivity contribution is 0.576. The van der Waals surface area contributed by atoms with E-state index in [4.69, 9.17) is 12.2 Å². The van der Waals surface area contributed by atoms with E-state index in [1.165, 1.54) is 6.92 Å². The van der Waals surface area contributed by atoms with Crippen molar-refractivity contribution in [3.05, 3.63) is 22.4 Å². The Hall–Kier alpha value is -1.10. The van der Waals surface area contributed by atoms with Crippen molar-refractivity contribution >= 4 is 31.6 Å². The topological polar surface area (TPSA) is 72.2 Å². The minimum absolute atomic E-state index is 0.0842. The summed E-state index contributed by atoms with van der Waals surface area (Å²) in [5, 5.41) is 0. The van der Waals surface area contributed by atoms with Crippen LogP contribution < -0.4 is 10.5 Å². The fraction of sp³-hybridized carbons (Fsp3) is 0.200. The molecule has 4 nitrogen and oxygen atoms in total. The number of hydrogen-bond acceptors (Lipinski definition) is 3. The maximum Gasteiger partial charge on any atom is 0.242 e. The van der Waals surface area contributed by atoms with E-state index in [1.54, 1.807) is 0 Å². The smallest absolute Gasteiger partial charge is 0.242 e. The van der Waals surface area contributed by atoms with Crippen LogP contribution in [0.5, 0.6) is 0 Å². The normalized spacial score (nSPS) is 13.1. The molecule has 0 spiro atoms. The summed E-state index contributed by atoms with van der Waals surface area (Å²) in [7, 11) is -3.83. The van der Waals surface area contributed by atoms with Crippen LogP contribution in [-0.4, -0.2) is 14.5 Å². The van der Waals surface area contributed by atoms with Crippen LogP contribution in [0.4, 0.5) is 10.1 Å². The van der Waals surface area contributed by atoms with Gasteiger partial charge in [-0.3, -0.25) is 0 Å². The maximum absolute atomic E-state index is 13.1. The van der Waals surface area contributed by atoms with Crippen molar-refractivity contribution in [2.75, 3.05) is 5.73 Å². The lowest BCUT2D eigenvalue weighted by Gasteiger charge is -2.11. The van der Waals surface area contributed by atoms with Gasteiger partial charge in [0.15, 0.2) is 0 Å². The second-order valence-electron chi connectivity index (χ2n) is 3.31. The Morgan fingerprint density at radius 2 is 2.18 bits per heavy atom. The average Bonchev–Trinajstić information content (AvgIpc) is 2.22. The first-order chi connectivity index (χ1) is 7.77. The molecule has 0 aliphatic rings. The minimum Gasteiger partial charge on any atom is -0.396 e. The van der Waals surface area contributed by atoms with Gasteiger partial charge in [0.2, 0.25) is 10.0 Å². The van der Waals surface area contributed by atoms with E-state index < -0.39 is 21.9 Å². The standard InChI is InChI=1S/C10H10BrFN2O2S/c1-3-6(2)14-17(15,16)10-5-9(13)8(12)4-7(10)11/h1,4-6,14H,13H2,2H3. The lowest BCUT2D eigenvalue weighted by Crippen LogP contribution is -2.31. The molecule has 1 rings (SSSR count). The van der Waals surface area contributed by atoms with Crippen LogP contribution >= 0.6 is 15.9 Å². The van der Waals surface area contributed by atoms with Gasteiger partial charge in [0.05, 0.1) is 16.6 Å². The van der Waals surface area contributed by atoms with Gasteiger partial charge in [-0.05, 0) is 35.0 Å². The molecule has 1 unspecified atom stereocenters. The van der Waals surface area contributed by atoms with Crippen LogP contribution in [-0.2, 0) is 10.0 Å². The van der Waals surface area contributed by atoms with Gasteiger partial charge in [0.25, 0.3) is 0 Å². The summed E-state index contributed by atoms with van der Waals surface area (Å²) >= 11 is 2.96. The summed E-state index contributed by atoms with van der Waals surface area (Å²) in [5.41, 5.74) is 5.07. The highest BCUT2D eigenvalue weighted by atomic mass is 79.9. The summed E-state index contributed by atoms with van der Waals surface area (Å²) in [4.78, 5) is -0.154. The number of terminal acetylenes is 1. The number of nitrogens with two attached hydrogens (primary N) is 1. The summed E-state index contributed by atoms with van der Waals surface area (Å²) in [6.07, 6.45) is 5.08. The summed E-state index contributed by atoms with van der Waals surface area (Å²) in [6.45, 7) is 1.51. The van der Waals surface area contributed by atoms with Gasteiger partial charge in [-0.25, -0.2) is 12.8 Å². The first-order valence-electron chi connectivity index (χ1n) is 4.51. The van der Waals surface area contributed by atoms with Crippen molar-refractivity contribution in [2.45, 2.75) is 17.9 Å². The molecule has 0 saturated heterocycles. The second kappa shape index (κ2) is 5.04. The van der Waals surface area contributed by atoms with Crippen LogP contribution in [0.3, 0.4) is 0 Å². The fourth-order valence-corrected chi connectivity index (χ4v) is 3.29. The molecule has 0 heterocycles. The predicted molar refractivity (Wildman–Crippen MR) is 67.1 cm³/mol. The Balaban J connectivity index is 3.26. The molecule has 1 atom stereocenters. The van der Waals surface area contributed by atoms with E-state index in [0.29, 0.717) is 0 Å². The van der Waals surface area contributed by atoms with Gasteiger partial charge < -0.3 is 5.73 Å². The summed E-state index contributed by atoms with van der Waals surface area (Å²) < 4.78 is 39.1. The molecule has 92 valence electrons. The van der Waals surface area contributed by atoms with Gasteiger partial charge in [-0.2, -0.15) is 4.72 Å². The van der Waals surface area contributed by atoms with Gasteiger partial charge in [-0.1, -0.05) is 5.92 Å². The largest absolute Gasteiger partial charge is 0.396 e. The zero-order valence-corrected chi connectivity index (χ0v) is 11.3. The van der Waals surface area contributed by atoms with Gasteiger partial charge in [-0.15, -0.1) is 6.42 Å². The van der Waals surface area contributed by atoms with E-state index in [1.807, 2.05) is 0 Å². The number of anilines is 1. The Bertz CT molecular complexity index is 581. The van der Waals surface area contributed by atoms with E-state index in [2.05, 4.69) is 26.6 Å². The van der Waals surface area contributed by atoms with Gasteiger partial charge in [0.1, 0.15) is 5.82 Å². The van der Waals surface area contributed by atoms with Gasteiger partial charge >= 0.3 is 0 Å². The molecular formula is C10H10BrFN2O2S. The number of sulfonamides is 1. The van der Waals surface area contributed by atoms with Crippen LogP contribution in [0.15, 0.2) is 21.5 Å². The first kappa shape index (κ1) is 14.0. The molecule has 17 heavy (non-hydrogen) atoms. The van der Waals surface area contributed by atoms with E-state index in [-0.39, 0.29) is 15.1 Å². The molecular weight excluding hydrogens is 311 g/mol. The predicted octanol–water partition coefficient (Wildman–Crippen LogP) is 1.47. The van der Waals surface area contributed by atoms with Gasteiger partial charge in [0, 0.05) is 4.47 Å². The molecule has 0 aliphatic carbocycles. The third-order valence-corrected chi connectivity index (χ3v) is 4.42. The fourth-order valence-electron chi connectivity index (χ4n) is 1.08. The molecule has 0 saturated carbocycles. The molecule has 1 aromatic carbocycles. The molecule has 0 amide bonds. The van der Waals surface area contributed by atoms with Crippen molar-refractivity contribution in [2.24, 2.45) is 0 Å². The number of benzene rings is 1. The number of nitrogens with one attached hydrogen (secondary N) is 1. The third-order valence-electron chi connectivity index (χ3n) is 1.92. The highest BCUT2D eigenvalue weighted by molar-refractivity contribution is 9.10. The average molecular weight is 321 g/mol. The minimum atomic E-state index is -3.83. The molecule has 0 bridgehead atoms. The first-order valence-corrected chi connectivity index (χ1v) is 6.78. The molecule has 1 aromatic rings. The van der Waals surface area contributed by atoms with Crippen molar-refractivity contribution in [3.63, 3.8) is 0 Å². The number of hydrogen-bond donors (Lipinski definition) is 2. The third kappa shape index (κ3) is 3.19. The zero-order valence-electron chi connectivity index (χ0n) is 8.87. The quantitative estimate of drug-likeness (QED) is 0.654. The lowest BCUT2D eigenvalue weighted by atomic mass is 10.3. The van der Waals surface area contributed by atoms with E-state index in [9.17, 15) is 12.8 Å². The SMILES string of the molecule is C#CC(C)NS(=O)(=O)c1cc(N)c(F)cc1Br. The van der Waals surface area contributed by atoms with Crippen molar-refractivity contribution < 1.29 is 12.8 Å². The Labute approximate surface area is 108 Å². The van der Waals surface area contributed by atoms with Crippen molar-refractivity contribution in [3.8, 4) is 12.3 Å². The Morgan fingerprint density at radius 1 is 1.59 bits per heavy atom. The van der Waals surface area contributed by atoms with Crippen LogP contribution in [0.1, 0.15) is 6.92 Å². The molecule has 3 N–H and O–H groups in total. The van der Waals surface area contributed by atoms with E-state index in [0.717, 1.165) is 12.1 Å². The summed E-state index contributed by atoms with van der Waals surface area (Å²) in [6, 6.07) is 1.35. The zero-order chi connectivity index (χ0) is 13.2. The molecule has 0 aromatic heterocycles. The van der Waals surface area contributed by atoms with E-state index >= 15 is 0 Å².